The number of hydrogen-bond acceptors (Lipinski definition) is 6. The van der Waals surface area contributed by atoms with Crippen molar-refractivity contribution in [3.63, 3.8) is 0 Å². The molecule has 2 aliphatic heterocycles. The summed E-state index contributed by atoms with van der Waals surface area (Å²) >= 11 is 3.63. The Bertz CT molecular complexity index is 1440. The first-order chi connectivity index (χ1) is 18.7. The first kappa shape index (κ1) is 29.3. The van der Waals surface area contributed by atoms with E-state index in [4.69, 9.17) is 15.0 Å². The number of imidazole rings is 1. The van der Waals surface area contributed by atoms with Crippen LogP contribution >= 0.6 is 15.9 Å². The molecule has 0 radical (unpaired) electrons. The highest BCUT2D eigenvalue weighted by molar-refractivity contribution is 9.10. The number of quaternary nitrogens is 1. The number of nitrogens with zero attached hydrogens (tertiary/aromatic N) is 8. The number of fused-ring (bicyclic) bond motifs is 3. The molecule has 1 N–H and O–H groups in total. The maximum atomic E-state index is 4.99. The average Bonchev–Trinajstić information content (AvgIpc) is 3.58. The average molecular weight is 600 g/mol. The Morgan fingerprint density at radius 3 is 2.59 bits per heavy atom. The molecular formula is C29H45BrN9+. The number of halogens is 1. The van der Waals surface area contributed by atoms with E-state index in [1.807, 2.05) is 27.7 Å². The van der Waals surface area contributed by atoms with Crippen molar-refractivity contribution < 1.29 is 4.48 Å². The summed E-state index contributed by atoms with van der Waals surface area (Å²) in [6.07, 6.45) is 4.33. The molecule has 212 valence electrons. The zero-order valence-electron chi connectivity index (χ0n) is 25.1. The van der Waals surface area contributed by atoms with Gasteiger partial charge in [-0.15, -0.1) is 0 Å². The van der Waals surface area contributed by atoms with Crippen molar-refractivity contribution in [3.05, 3.63) is 40.3 Å². The van der Waals surface area contributed by atoms with Gasteiger partial charge in [-0.25, -0.2) is 4.98 Å². The van der Waals surface area contributed by atoms with Crippen LogP contribution in [-0.4, -0.2) is 72.9 Å². The van der Waals surface area contributed by atoms with Crippen LogP contribution in [0.5, 0.6) is 0 Å². The van der Waals surface area contributed by atoms with Gasteiger partial charge in [0.15, 0.2) is 5.65 Å². The molecule has 5 heterocycles. The molecule has 2 saturated heterocycles. The van der Waals surface area contributed by atoms with Crippen molar-refractivity contribution in [3.8, 4) is 0 Å². The summed E-state index contributed by atoms with van der Waals surface area (Å²) in [5.74, 6) is 3.02. The molecule has 10 heteroatoms. The van der Waals surface area contributed by atoms with E-state index in [1.165, 1.54) is 24.9 Å². The molecule has 0 saturated carbocycles. The lowest BCUT2D eigenvalue weighted by Gasteiger charge is -2.50. The topological polar surface area (TPSA) is 76.2 Å². The minimum atomic E-state index is 0.198. The van der Waals surface area contributed by atoms with Crippen molar-refractivity contribution >= 4 is 44.5 Å². The Morgan fingerprint density at radius 2 is 1.87 bits per heavy atom. The number of aryl methyl sites for hydroxylation is 2. The number of nitrogens with one attached hydrogen (secondary N) is 1. The Labute approximate surface area is 241 Å². The van der Waals surface area contributed by atoms with E-state index >= 15 is 0 Å². The van der Waals surface area contributed by atoms with Crippen LogP contribution in [0.15, 0.2) is 28.9 Å². The number of rotatable bonds is 4. The maximum absolute atomic E-state index is 4.99. The van der Waals surface area contributed by atoms with Crippen LogP contribution < -0.4 is 10.2 Å². The third-order valence-corrected chi connectivity index (χ3v) is 9.17. The lowest BCUT2D eigenvalue weighted by Crippen LogP contribution is -2.64. The van der Waals surface area contributed by atoms with Crippen LogP contribution in [0, 0.1) is 12.8 Å². The molecule has 3 aromatic heterocycles. The summed E-state index contributed by atoms with van der Waals surface area (Å²) in [7, 11) is 6.80. The molecule has 2 aliphatic rings. The molecule has 0 amide bonds. The number of likely N-dealkylation sites (tertiary alicyclic amines) is 1. The molecule has 2 fully saturated rings. The van der Waals surface area contributed by atoms with Gasteiger partial charge in [0.1, 0.15) is 11.4 Å². The number of likely N-dealkylation sites (N-methyl/N-ethyl adjacent to an activating group) is 1. The van der Waals surface area contributed by atoms with Gasteiger partial charge in [0.2, 0.25) is 11.9 Å². The predicted octanol–water partition coefficient (Wildman–Crippen LogP) is 5.81. The molecule has 0 unspecified atom stereocenters. The van der Waals surface area contributed by atoms with Gasteiger partial charge in [-0.1, -0.05) is 33.8 Å². The molecule has 4 aromatic rings. The van der Waals surface area contributed by atoms with Gasteiger partial charge >= 0.3 is 0 Å². The second-order valence-corrected chi connectivity index (χ2v) is 11.8. The fourth-order valence-electron chi connectivity index (χ4n) is 6.04. The van der Waals surface area contributed by atoms with E-state index in [-0.39, 0.29) is 5.54 Å². The molecule has 2 atom stereocenters. The lowest BCUT2D eigenvalue weighted by molar-refractivity contribution is -0.946. The third kappa shape index (κ3) is 5.13. The fourth-order valence-corrected chi connectivity index (χ4v) is 6.39. The zero-order chi connectivity index (χ0) is 28.5. The highest BCUT2D eigenvalue weighted by atomic mass is 79.9. The summed E-state index contributed by atoms with van der Waals surface area (Å²) in [6.45, 7) is 16.2. The van der Waals surface area contributed by atoms with Crippen molar-refractivity contribution in [2.45, 2.75) is 66.5 Å². The Balaban J connectivity index is 0.000000845. The van der Waals surface area contributed by atoms with Crippen LogP contribution in [0.3, 0.4) is 0 Å². The van der Waals surface area contributed by atoms with E-state index in [2.05, 4.69) is 89.0 Å². The zero-order valence-corrected chi connectivity index (χ0v) is 26.7. The van der Waals surface area contributed by atoms with E-state index in [0.29, 0.717) is 18.4 Å². The van der Waals surface area contributed by atoms with Crippen molar-refractivity contribution in [1.82, 2.24) is 29.1 Å². The Morgan fingerprint density at radius 1 is 1.13 bits per heavy atom. The van der Waals surface area contributed by atoms with E-state index in [1.54, 1.807) is 10.7 Å². The van der Waals surface area contributed by atoms with Gasteiger partial charge in [-0.3, -0.25) is 0 Å². The van der Waals surface area contributed by atoms with Gasteiger partial charge < -0.3 is 19.3 Å². The first-order valence-electron chi connectivity index (χ1n) is 14.3. The van der Waals surface area contributed by atoms with Gasteiger partial charge in [0.05, 0.1) is 55.4 Å². The molecule has 6 rings (SSSR count). The normalized spacial score (nSPS) is 21.7. The Kier molecular flexibility index (Phi) is 8.56. The van der Waals surface area contributed by atoms with Gasteiger partial charge in [0, 0.05) is 19.5 Å². The van der Waals surface area contributed by atoms with Crippen LogP contribution in [0.4, 0.5) is 11.9 Å². The summed E-state index contributed by atoms with van der Waals surface area (Å²) in [5, 5.41) is 8.02. The molecule has 39 heavy (non-hydrogen) atoms. The molecule has 0 aliphatic carbocycles. The number of aromatic nitrogens is 6. The van der Waals surface area contributed by atoms with Crippen molar-refractivity contribution in [2.24, 2.45) is 13.0 Å². The maximum Gasteiger partial charge on any atom is 0.230 e. The number of piperidine rings is 1. The highest BCUT2D eigenvalue weighted by Gasteiger charge is 2.56. The van der Waals surface area contributed by atoms with Crippen LogP contribution in [0.25, 0.3) is 16.7 Å². The SMILES string of the molecule is CC.CC.Cc1ccc2c(c1)nc(CNc1nc(N3C[C@@H]4CCC[N+](C)(C)[C@]4(C)C3)nc3c(Br)cnn13)n2C. The van der Waals surface area contributed by atoms with Gasteiger partial charge in [0.25, 0.3) is 0 Å². The number of anilines is 2. The van der Waals surface area contributed by atoms with Crippen LogP contribution in [0.2, 0.25) is 0 Å². The van der Waals surface area contributed by atoms with Gasteiger partial charge in [-0.2, -0.15) is 19.6 Å². The quantitative estimate of drug-likeness (QED) is 0.299. The van der Waals surface area contributed by atoms with Gasteiger partial charge in [-0.05, 0) is 60.3 Å². The molecule has 0 spiro atoms. The monoisotopic (exact) mass is 598 g/mol. The number of benzene rings is 1. The summed E-state index contributed by atoms with van der Waals surface area (Å²) in [5.41, 5.74) is 4.31. The van der Waals surface area contributed by atoms with E-state index < -0.39 is 0 Å². The molecule has 0 bridgehead atoms. The van der Waals surface area contributed by atoms with Crippen molar-refractivity contribution in [2.75, 3.05) is 43.9 Å². The standard InChI is InChI=1S/C25H33BrN9.2C2H6/c1-16-8-9-20-19(11-16)29-21(32(20)3)13-27-23-31-24(30-22-18(26)12-28-34(22)23)33-14-17-7-6-10-35(4,5)25(17,2)15-33;2*1-2/h8-9,11-12,17H,6-7,10,13-15H2,1-5H3,(H,27,30,31);2*1-2H3/q+1;;/t17-,25+;;/m0../s1. The molecular weight excluding hydrogens is 554 g/mol. The summed E-state index contributed by atoms with van der Waals surface area (Å²) < 4.78 is 5.81. The minimum Gasteiger partial charge on any atom is -0.347 e. The van der Waals surface area contributed by atoms with Crippen molar-refractivity contribution in [1.29, 1.82) is 0 Å². The van der Waals surface area contributed by atoms with Crippen LogP contribution in [-0.2, 0) is 13.6 Å². The smallest absolute Gasteiger partial charge is 0.230 e. The van der Waals surface area contributed by atoms with E-state index in [0.717, 1.165) is 50.5 Å². The predicted molar refractivity (Wildman–Crippen MR) is 164 cm³/mol. The third-order valence-electron chi connectivity index (χ3n) is 8.61. The lowest BCUT2D eigenvalue weighted by atomic mass is 9.79. The fraction of sp³-hybridized carbons (Fsp3) is 0.586. The molecule has 9 nitrogen and oxygen atoms in total. The second-order valence-electron chi connectivity index (χ2n) is 11.0. The van der Waals surface area contributed by atoms with E-state index in [9.17, 15) is 0 Å². The first-order valence-corrected chi connectivity index (χ1v) is 15.1. The minimum absolute atomic E-state index is 0.198. The summed E-state index contributed by atoms with van der Waals surface area (Å²) in [4.78, 5) is 17.1. The largest absolute Gasteiger partial charge is 0.347 e. The second kappa shape index (κ2) is 11.4. The summed E-state index contributed by atoms with van der Waals surface area (Å²) in [6, 6.07) is 6.37. The Hall–Kier alpha value is -2.72. The highest BCUT2D eigenvalue weighted by Crippen LogP contribution is 2.43. The molecule has 1 aromatic carbocycles. The number of hydrogen-bond donors (Lipinski definition) is 1. The van der Waals surface area contributed by atoms with Crippen LogP contribution in [0.1, 0.15) is 58.8 Å².